The number of pyridine rings is 1. The molecule has 1 fully saturated rings. The fourth-order valence-corrected chi connectivity index (χ4v) is 4.82. The minimum absolute atomic E-state index is 0.254. The molecule has 1 aliphatic rings. The lowest BCUT2D eigenvalue weighted by molar-refractivity contribution is -0.276. The molecule has 1 saturated carbocycles. The minimum Gasteiger partial charge on any atom is -0.388 e. The second kappa shape index (κ2) is 9.72. The van der Waals surface area contributed by atoms with Gasteiger partial charge in [0.1, 0.15) is 5.69 Å². The minimum atomic E-state index is -4.92. The summed E-state index contributed by atoms with van der Waals surface area (Å²) < 4.78 is 43.4. The van der Waals surface area contributed by atoms with E-state index in [1.165, 1.54) is 12.1 Å². The molecular weight excluding hydrogens is 473 g/mol. The van der Waals surface area contributed by atoms with Gasteiger partial charge in [0.05, 0.1) is 17.2 Å². The number of aliphatic hydroxyl groups is 1. The van der Waals surface area contributed by atoms with E-state index in [-0.39, 0.29) is 11.7 Å². The summed E-state index contributed by atoms with van der Waals surface area (Å²) in [5, 5.41) is 19.0. The van der Waals surface area contributed by atoms with Crippen LogP contribution in [0.4, 0.5) is 18.9 Å². The van der Waals surface area contributed by atoms with E-state index in [0.29, 0.717) is 22.7 Å². The summed E-state index contributed by atoms with van der Waals surface area (Å²) in [4.78, 5) is 16.5. The molecule has 1 aliphatic carbocycles. The van der Waals surface area contributed by atoms with Crippen LogP contribution in [-0.4, -0.2) is 32.1 Å². The van der Waals surface area contributed by atoms with Gasteiger partial charge in [-0.3, -0.25) is 9.48 Å². The van der Waals surface area contributed by atoms with Crippen molar-refractivity contribution < 1.29 is 27.8 Å². The summed E-state index contributed by atoms with van der Waals surface area (Å²) >= 11 is 0. The van der Waals surface area contributed by atoms with Gasteiger partial charge in [0.25, 0.3) is 5.91 Å². The fraction of sp³-hybridized carbons (Fsp3) is 0.500. The summed E-state index contributed by atoms with van der Waals surface area (Å²) in [6.45, 7) is 7.70. The van der Waals surface area contributed by atoms with Crippen molar-refractivity contribution in [2.24, 2.45) is 11.8 Å². The number of hydrogen-bond acceptors (Lipinski definition) is 5. The molecule has 0 radical (unpaired) electrons. The molecule has 4 rings (SSSR count). The van der Waals surface area contributed by atoms with Crippen molar-refractivity contribution in [3.63, 3.8) is 0 Å². The van der Waals surface area contributed by atoms with Crippen LogP contribution in [0.15, 0.2) is 36.5 Å². The zero-order valence-corrected chi connectivity index (χ0v) is 20.8. The molecule has 7 nitrogen and oxygen atoms in total. The van der Waals surface area contributed by atoms with Gasteiger partial charge in [0.15, 0.2) is 0 Å². The number of ether oxygens (including phenoxy) is 1. The van der Waals surface area contributed by atoms with E-state index in [0.717, 1.165) is 43.1 Å². The van der Waals surface area contributed by atoms with Crippen molar-refractivity contribution >= 4 is 22.5 Å². The predicted molar refractivity (Wildman–Crippen MR) is 130 cm³/mol. The molecule has 0 saturated heterocycles. The maximum absolute atomic E-state index is 12.9. The smallest absolute Gasteiger partial charge is 0.388 e. The third-order valence-electron chi connectivity index (χ3n) is 6.80. The van der Waals surface area contributed by atoms with Gasteiger partial charge in [-0.2, -0.15) is 5.10 Å². The first kappa shape index (κ1) is 25.9. The molecule has 0 bridgehead atoms. The van der Waals surface area contributed by atoms with Gasteiger partial charge in [-0.05, 0) is 69.6 Å². The molecule has 2 heterocycles. The van der Waals surface area contributed by atoms with Crippen LogP contribution in [-0.2, 0) is 5.60 Å². The molecule has 1 aromatic carbocycles. The standard InChI is InChI=1S/C26H31F3N4O3/c1-15(2)16-8-10-18(11-9-16)33-14-17-12-22(19(25(3,4)35)13-21(17)32-33)31-24(34)20-6-5-7-23(30-20)36-26(27,28)29/h5-7,12-16,18,35H,8-11H2,1-4H3,(H,31,34)/t16-,18-. The topological polar surface area (TPSA) is 89.3 Å². The number of carbonyl (C=O) groups is 1. The lowest BCUT2D eigenvalue weighted by Gasteiger charge is -2.30. The quantitative estimate of drug-likeness (QED) is 0.417. The summed E-state index contributed by atoms with van der Waals surface area (Å²) in [5.74, 6) is -0.0736. The van der Waals surface area contributed by atoms with Gasteiger partial charge in [-0.25, -0.2) is 4.98 Å². The molecule has 3 aromatic rings. The molecule has 1 amide bonds. The molecule has 36 heavy (non-hydrogen) atoms. The number of fused-ring (bicyclic) bond motifs is 1. The first-order valence-electron chi connectivity index (χ1n) is 12.1. The Hall–Kier alpha value is -3.14. The SMILES string of the molecule is CC(C)[C@H]1CC[C@H](n2cc3cc(NC(=O)c4cccc(OC(F)(F)F)n4)c(C(C)(C)O)cc3n2)CC1. The molecule has 0 aliphatic heterocycles. The molecule has 0 unspecified atom stereocenters. The van der Waals surface area contributed by atoms with Gasteiger partial charge < -0.3 is 15.2 Å². The van der Waals surface area contributed by atoms with Crippen LogP contribution in [0.25, 0.3) is 10.9 Å². The van der Waals surface area contributed by atoms with Gasteiger partial charge in [-0.1, -0.05) is 19.9 Å². The van der Waals surface area contributed by atoms with E-state index in [9.17, 15) is 23.1 Å². The Morgan fingerprint density at radius 3 is 2.47 bits per heavy atom. The number of nitrogens with one attached hydrogen (secondary N) is 1. The van der Waals surface area contributed by atoms with Crippen LogP contribution >= 0.6 is 0 Å². The van der Waals surface area contributed by atoms with Crippen molar-refractivity contribution in [2.45, 2.75) is 71.4 Å². The van der Waals surface area contributed by atoms with Crippen molar-refractivity contribution in [1.82, 2.24) is 14.8 Å². The number of anilines is 1. The molecular formula is C26H31F3N4O3. The average Bonchev–Trinajstić information content (AvgIpc) is 3.20. The number of hydrogen-bond donors (Lipinski definition) is 2. The lowest BCUT2D eigenvalue weighted by Crippen LogP contribution is -2.22. The predicted octanol–water partition coefficient (Wildman–Crippen LogP) is 6.20. The molecule has 2 N–H and O–H groups in total. The Bertz CT molecular complexity index is 1240. The van der Waals surface area contributed by atoms with Crippen LogP contribution in [0.3, 0.4) is 0 Å². The summed E-state index contributed by atoms with van der Waals surface area (Å²) in [6, 6.07) is 7.30. The number of halogens is 3. The molecule has 194 valence electrons. The summed E-state index contributed by atoms with van der Waals surface area (Å²) in [5.41, 5.74) is -0.123. The van der Waals surface area contributed by atoms with Crippen molar-refractivity contribution in [1.29, 1.82) is 0 Å². The maximum atomic E-state index is 12.9. The Kier molecular flexibility index (Phi) is 7.01. The Balaban J connectivity index is 1.61. The molecule has 0 atom stereocenters. The van der Waals surface area contributed by atoms with E-state index in [1.54, 1.807) is 26.0 Å². The highest BCUT2D eigenvalue weighted by atomic mass is 19.4. The zero-order valence-electron chi connectivity index (χ0n) is 20.8. The van der Waals surface area contributed by atoms with Crippen molar-refractivity contribution in [3.05, 3.63) is 47.8 Å². The highest BCUT2D eigenvalue weighted by Crippen LogP contribution is 2.37. The van der Waals surface area contributed by atoms with Crippen LogP contribution in [0, 0.1) is 11.8 Å². The number of rotatable bonds is 6. The van der Waals surface area contributed by atoms with Crippen LogP contribution in [0.1, 0.15) is 75.5 Å². The van der Waals surface area contributed by atoms with E-state index >= 15 is 0 Å². The fourth-order valence-electron chi connectivity index (χ4n) is 4.82. The van der Waals surface area contributed by atoms with Crippen LogP contribution in [0.2, 0.25) is 0 Å². The Labute approximate surface area is 207 Å². The third-order valence-corrected chi connectivity index (χ3v) is 6.80. The monoisotopic (exact) mass is 504 g/mol. The number of carbonyl (C=O) groups excluding carboxylic acids is 1. The number of amides is 1. The Morgan fingerprint density at radius 1 is 1.17 bits per heavy atom. The second-order valence-corrected chi connectivity index (χ2v) is 10.3. The molecule has 0 spiro atoms. The molecule has 2 aromatic heterocycles. The van der Waals surface area contributed by atoms with Gasteiger partial charge in [0.2, 0.25) is 5.88 Å². The first-order valence-corrected chi connectivity index (χ1v) is 12.1. The van der Waals surface area contributed by atoms with Crippen molar-refractivity contribution in [3.8, 4) is 5.88 Å². The Morgan fingerprint density at radius 2 is 1.86 bits per heavy atom. The maximum Gasteiger partial charge on any atom is 0.574 e. The first-order chi connectivity index (χ1) is 16.8. The lowest BCUT2D eigenvalue weighted by atomic mass is 9.80. The number of benzene rings is 1. The highest BCUT2D eigenvalue weighted by molar-refractivity contribution is 6.04. The second-order valence-electron chi connectivity index (χ2n) is 10.3. The largest absolute Gasteiger partial charge is 0.574 e. The van der Waals surface area contributed by atoms with Gasteiger partial charge in [-0.15, -0.1) is 13.2 Å². The molecule has 10 heteroatoms. The number of aromatic nitrogens is 3. The van der Waals surface area contributed by atoms with E-state index in [4.69, 9.17) is 5.10 Å². The van der Waals surface area contributed by atoms with E-state index in [2.05, 4.69) is 28.9 Å². The normalized spacial score (nSPS) is 19.0. The average molecular weight is 505 g/mol. The summed E-state index contributed by atoms with van der Waals surface area (Å²) in [6.07, 6.45) is 1.41. The van der Waals surface area contributed by atoms with Gasteiger partial charge >= 0.3 is 6.36 Å². The highest BCUT2D eigenvalue weighted by Gasteiger charge is 2.32. The zero-order chi connectivity index (χ0) is 26.3. The van der Waals surface area contributed by atoms with E-state index in [1.807, 2.05) is 10.9 Å². The third kappa shape index (κ3) is 5.98. The number of nitrogens with zero attached hydrogens (tertiary/aromatic N) is 3. The van der Waals surface area contributed by atoms with Gasteiger partial charge in [0, 0.05) is 28.9 Å². The van der Waals surface area contributed by atoms with Crippen LogP contribution in [0.5, 0.6) is 5.88 Å². The van der Waals surface area contributed by atoms with E-state index < -0.39 is 23.8 Å². The number of alkyl halides is 3. The summed E-state index contributed by atoms with van der Waals surface area (Å²) in [7, 11) is 0. The van der Waals surface area contributed by atoms with Crippen LogP contribution < -0.4 is 10.1 Å². The van der Waals surface area contributed by atoms with Crippen molar-refractivity contribution in [2.75, 3.05) is 5.32 Å².